The fourth-order valence-corrected chi connectivity index (χ4v) is 3.79. The molecule has 1 amide bonds. The van der Waals surface area contributed by atoms with E-state index in [0.29, 0.717) is 17.4 Å². The van der Waals surface area contributed by atoms with E-state index in [4.69, 9.17) is 0 Å². The van der Waals surface area contributed by atoms with Crippen LogP contribution in [0.25, 0.3) is 21.3 Å². The summed E-state index contributed by atoms with van der Waals surface area (Å²) in [6.45, 7) is 0.331. The molecule has 27 heavy (non-hydrogen) atoms. The van der Waals surface area contributed by atoms with Crippen molar-refractivity contribution in [3.63, 3.8) is 0 Å². The quantitative estimate of drug-likeness (QED) is 0.555. The van der Waals surface area contributed by atoms with Gasteiger partial charge in [0.05, 0.1) is 12.1 Å². The van der Waals surface area contributed by atoms with E-state index in [0.717, 1.165) is 15.3 Å². The molecule has 6 heteroatoms. The number of amides is 1. The van der Waals surface area contributed by atoms with E-state index in [9.17, 15) is 14.0 Å². The van der Waals surface area contributed by atoms with Gasteiger partial charge in [-0.3, -0.25) is 9.59 Å². The van der Waals surface area contributed by atoms with Crippen LogP contribution in [0.15, 0.2) is 71.5 Å². The second kappa shape index (κ2) is 7.17. The molecule has 2 aromatic carbocycles. The SMILES string of the molecule is O=C(NCc1ccc(-c2ccccc2)s1)c1cc2ccc(F)cc2[nH]c1=O. The Morgan fingerprint density at radius 1 is 1.04 bits per heavy atom. The number of H-pyrrole nitrogens is 1. The number of aromatic nitrogens is 1. The smallest absolute Gasteiger partial charge is 0.261 e. The van der Waals surface area contributed by atoms with Crippen molar-refractivity contribution in [3.8, 4) is 10.4 Å². The predicted molar refractivity (Wildman–Crippen MR) is 105 cm³/mol. The number of hydrogen-bond acceptors (Lipinski definition) is 3. The van der Waals surface area contributed by atoms with Crippen molar-refractivity contribution in [2.24, 2.45) is 0 Å². The number of aromatic amines is 1. The molecular formula is C21H15FN2O2S. The number of rotatable bonds is 4. The number of thiophene rings is 1. The first kappa shape index (κ1) is 17.2. The zero-order valence-corrected chi connectivity index (χ0v) is 15.0. The Kier molecular flexibility index (Phi) is 4.56. The van der Waals surface area contributed by atoms with Crippen LogP contribution in [0.5, 0.6) is 0 Å². The highest BCUT2D eigenvalue weighted by Gasteiger charge is 2.13. The number of benzene rings is 2. The fourth-order valence-electron chi connectivity index (χ4n) is 2.84. The van der Waals surface area contributed by atoms with Gasteiger partial charge in [0.1, 0.15) is 11.4 Å². The van der Waals surface area contributed by atoms with E-state index < -0.39 is 17.3 Å². The molecule has 0 aliphatic rings. The molecule has 0 radical (unpaired) electrons. The van der Waals surface area contributed by atoms with Crippen molar-refractivity contribution >= 4 is 28.1 Å². The number of hydrogen-bond donors (Lipinski definition) is 2. The van der Waals surface area contributed by atoms with Crippen molar-refractivity contribution in [1.82, 2.24) is 10.3 Å². The lowest BCUT2D eigenvalue weighted by molar-refractivity contribution is 0.0950. The number of pyridine rings is 1. The minimum atomic E-state index is -0.540. The normalized spacial score (nSPS) is 10.9. The van der Waals surface area contributed by atoms with Crippen LogP contribution in [0, 0.1) is 5.82 Å². The number of nitrogens with one attached hydrogen (secondary N) is 2. The summed E-state index contributed by atoms with van der Waals surface area (Å²) in [5.41, 5.74) is 0.955. The van der Waals surface area contributed by atoms with Gasteiger partial charge >= 0.3 is 0 Å². The van der Waals surface area contributed by atoms with E-state index in [1.807, 2.05) is 42.5 Å². The second-order valence-corrected chi connectivity index (χ2v) is 7.23. The molecule has 0 aliphatic carbocycles. The maximum Gasteiger partial charge on any atom is 0.261 e. The molecule has 0 unspecified atom stereocenters. The monoisotopic (exact) mass is 378 g/mol. The molecule has 0 atom stereocenters. The summed E-state index contributed by atoms with van der Waals surface area (Å²) >= 11 is 1.59. The maximum atomic E-state index is 13.3. The number of fused-ring (bicyclic) bond motifs is 1. The summed E-state index contributed by atoms with van der Waals surface area (Å²) in [7, 11) is 0. The Labute approximate surface area is 158 Å². The Bertz CT molecular complexity index is 1180. The minimum absolute atomic E-state index is 0.00828. The molecule has 2 N–H and O–H groups in total. The molecule has 4 aromatic rings. The van der Waals surface area contributed by atoms with Crippen molar-refractivity contribution in [3.05, 3.63) is 93.3 Å². The van der Waals surface area contributed by atoms with Crippen LogP contribution in [-0.4, -0.2) is 10.9 Å². The van der Waals surface area contributed by atoms with Crippen LogP contribution in [0.4, 0.5) is 4.39 Å². The standard InChI is InChI=1S/C21H15FN2O2S/c22-15-7-6-14-10-17(21(26)24-18(14)11-15)20(25)23-12-16-8-9-19(27-16)13-4-2-1-3-5-13/h1-11H,12H2,(H,23,25)(H,24,26). The Morgan fingerprint density at radius 2 is 1.85 bits per heavy atom. The average Bonchev–Trinajstić information content (AvgIpc) is 3.15. The van der Waals surface area contributed by atoms with Crippen molar-refractivity contribution < 1.29 is 9.18 Å². The second-order valence-electron chi connectivity index (χ2n) is 6.06. The third-order valence-electron chi connectivity index (χ3n) is 4.20. The van der Waals surface area contributed by atoms with Gasteiger partial charge in [0, 0.05) is 9.75 Å². The zero-order valence-electron chi connectivity index (χ0n) is 14.2. The van der Waals surface area contributed by atoms with Gasteiger partial charge in [-0.25, -0.2) is 4.39 Å². The van der Waals surface area contributed by atoms with Gasteiger partial charge in [-0.15, -0.1) is 11.3 Å². The highest BCUT2D eigenvalue weighted by atomic mass is 32.1. The van der Waals surface area contributed by atoms with Gasteiger partial charge in [-0.2, -0.15) is 0 Å². The van der Waals surface area contributed by atoms with Gasteiger partial charge in [0.15, 0.2) is 0 Å². The first-order chi connectivity index (χ1) is 13.1. The molecule has 0 saturated heterocycles. The van der Waals surface area contributed by atoms with Crippen LogP contribution < -0.4 is 10.9 Å². The Morgan fingerprint density at radius 3 is 2.67 bits per heavy atom. The van der Waals surface area contributed by atoms with Crippen LogP contribution in [0.1, 0.15) is 15.2 Å². The Hall–Kier alpha value is -3.25. The topological polar surface area (TPSA) is 62.0 Å². The molecule has 2 heterocycles. The molecular weight excluding hydrogens is 363 g/mol. The van der Waals surface area contributed by atoms with E-state index in [2.05, 4.69) is 10.3 Å². The van der Waals surface area contributed by atoms with Gasteiger partial charge in [-0.05, 0) is 47.3 Å². The van der Waals surface area contributed by atoms with Crippen LogP contribution in [0.3, 0.4) is 0 Å². The average molecular weight is 378 g/mol. The number of carbonyl (C=O) groups is 1. The van der Waals surface area contributed by atoms with Crippen molar-refractivity contribution in [2.45, 2.75) is 6.54 Å². The van der Waals surface area contributed by atoms with Gasteiger partial charge in [-0.1, -0.05) is 30.3 Å². The van der Waals surface area contributed by atoms with Crippen molar-refractivity contribution in [2.75, 3.05) is 0 Å². The minimum Gasteiger partial charge on any atom is -0.347 e. The highest BCUT2D eigenvalue weighted by molar-refractivity contribution is 7.15. The number of halogens is 1. The summed E-state index contributed by atoms with van der Waals surface area (Å²) in [5, 5.41) is 3.37. The fraction of sp³-hybridized carbons (Fsp3) is 0.0476. The first-order valence-corrected chi connectivity index (χ1v) is 9.17. The third-order valence-corrected chi connectivity index (χ3v) is 5.33. The van der Waals surface area contributed by atoms with E-state index >= 15 is 0 Å². The molecule has 2 aromatic heterocycles. The Balaban J connectivity index is 1.51. The summed E-state index contributed by atoms with van der Waals surface area (Å²) in [6, 6.07) is 19.5. The molecule has 0 fully saturated rings. The van der Waals surface area contributed by atoms with Crippen LogP contribution in [-0.2, 0) is 6.54 Å². The molecule has 4 nitrogen and oxygen atoms in total. The van der Waals surface area contributed by atoms with Crippen LogP contribution >= 0.6 is 11.3 Å². The summed E-state index contributed by atoms with van der Waals surface area (Å²) < 4.78 is 13.3. The summed E-state index contributed by atoms with van der Waals surface area (Å²) in [4.78, 5) is 29.2. The van der Waals surface area contributed by atoms with Gasteiger partial charge in [0.2, 0.25) is 0 Å². The zero-order chi connectivity index (χ0) is 18.8. The lowest BCUT2D eigenvalue weighted by Gasteiger charge is -2.05. The van der Waals surface area contributed by atoms with E-state index in [1.54, 1.807) is 11.3 Å². The molecule has 4 rings (SSSR count). The van der Waals surface area contributed by atoms with Crippen LogP contribution in [0.2, 0.25) is 0 Å². The van der Waals surface area contributed by atoms with E-state index in [1.165, 1.54) is 24.3 Å². The maximum absolute atomic E-state index is 13.3. The molecule has 0 bridgehead atoms. The molecule has 134 valence electrons. The molecule has 0 aliphatic heterocycles. The molecule has 0 spiro atoms. The third kappa shape index (κ3) is 3.66. The lowest BCUT2D eigenvalue weighted by atomic mass is 10.1. The first-order valence-electron chi connectivity index (χ1n) is 8.35. The van der Waals surface area contributed by atoms with E-state index in [-0.39, 0.29) is 5.56 Å². The van der Waals surface area contributed by atoms with Gasteiger partial charge in [0.25, 0.3) is 11.5 Å². The van der Waals surface area contributed by atoms with Crippen molar-refractivity contribution in [1.29, 1.82) is 0 Å². The number of carbonyl (C=O) groups excluding carboxylic acids is 1. The summed E-state index contributed by atoms with van der Waals surface area (Å²) in [5.74, 6) is -0.903. The highest BCUT2D eigenvalue weighted by Crippen LogP contribution is 2.27. The predicted octanol–water partition coefficient (Wildman–Crippen LogP) is 4.33. The lowest BCUT2D eigenvalue weighted by Crippen LogP contribution is -2.28. The largest absolute Gasteiger partial charge is 0.347 e. The molecule has 0 saturated carbocycles. The summed E-state index contributed by atoms with van der Waals surface area (Å²) in [6.07, 6.45) is 0. The van der Waals surface area contributed by atoms with Gasteiger partial charge < -0.3 is 10.3 Å².